The molecule has 1 radical (unpaired) electrons. The minimum absolute atomic E-state index is 0.668. The van der Waals surface area contributed by atoms with Crippen molar-refractivity contribution in [3.63, 3.8) is 0 Å². The van der Waals surface area contributed by atoms with E-state index in [1.807, 2.05) is 12.3 Å². The van der Waals surface area contributed by atoms with E-state index in [4.69, 9.17) is 4.74 Å². The fourth-order valence-electron chi connectivity index (χ4n) is 2.09. The average molecular weight is 275 g/mol. The highest BCUT2D eigenvalue weighted by Gasteiger charge is 2.11. The topological polar surface area (TPSA) is 25.4 Å². The first-order chi connectivity index (χ1) is 9.30. The van der Waals surface area contributed by atoms with E-state index in [2.05, 4.69) is 47.4 Å². The first-order valence-corrected chi connectivity index (χ1v) is 7.51. The molecule has 0 unspecified atom stereocenters. The Morgan fingerprint density at radius 2 is 2.05 bits per heavy atom. The molecule has 19 heavy (non-hydrogen) atoms. The maximum absolute atomic E-state index is 5.78. The molecule has 0 saturated heterocycles. The zero-order valence-corrected chi connectivity index (χ0v) is 12.5. The van der Waals surface area contributed by atoms with Crippen molar-refractivity contribution < 1.29 is 4.74 Å². The molecule has 1 aromatic carbocycles. The van der Waals surface area contributed by atoms with E-state index in [1.165, 1.54) is 11.3 Å². The normalized spacial score (nSPS) is 10.5. The van der Waals surface area contributed by atoms with Crippen molar-refractivity contribution in [1.82, 2.24) is 4.98 Å². The molecule has 4 heteroatoms. The van der Waals surface area contributed by atoms with Gasteiger partial charge >= 0.3 is 0 Å². The molecule has 1 heterocycles. The van der Waals surface area contributed by atoms with Gasteiger partial charge in [0, 0.05) is 24.0 Å². The molecule has 0 bridgehead atoms. The molecule has 0 atom stereocenters. The van der Waals surface area contributed by atoms with Crippen molar-refractivity contribution >= 4 is 17.0 Å². The lowest BCUT2D eigenvalue weighted by atomic mass is 10.1. The minimum atomic E-state index is 0.668. The van der Waals surface area contributed by atoms with Gasteiger partial charge in [-0.2, -0.15) is 0 Å². The summed E-state index contributed by atoms with van der Waals surface area (Å²) in [6, 6.07) is 6.28. The quantitative estimate of drug-likeness (QED) is 0.800. The number of ether oxygens (including phenoxy) is 1. The Bertz CT molecular complexity index is 507. The summed E-state index contributed by atoms with van der Waals surface area (Å²) in [6.07, 6.45) is 0. The fraction of sp³-hybridized carbons (Fsp3) is 0.400. The summed E-state index contributed by atoms with van der Waals surface area (Å²) in [5.74, 6) is 0.928. The van der Waals surface area contributed by atoms with Gasteiger partial charge in [0.1, 0.15) is 5.75 Å². The van der Waals surface area contributed by atoms with Crippen LogP contribution in [0.15, 0.2) is 23.6 Å². The van der Waals surface area contributed by atoms with E-state index >= 15 is 0 Å². The fourth-order valence-corrected chi connectivity index (χ4v) is 2.59. The van der Waals surface area contributed by atoms with Gasteiger partial charge in [0.25, 0.3) is 0 Å². The number of rotatable bonds is 6. The minimum Gasteiger partial charge on any atom is -0.492 e. The summed E-state index contributed by atoms with van der Waals surface area (Å²) in [5.41, 5.74) is 6.06. The molecule has 0 aliphatic rings. The Morgan fingerprint density at radius 1 is 1.26 bits per heavy atom. The molecule has 0 fully saturated rings. The predicted molar refractivity (Wildman–Crippen MR) is 81.1 cm³/mol. The Morgan fingerprint density at radius 3 is 2.63 bits per heavy atom. The van der Waals surface area contributed by atoms with E-state index in [1.54, 1.807) is 0 Å². The number of aromatic nitrogens is 1. The van der Waals surface area contributed by atoms with E-state index in [0.717, 1.165) is 35.8 Å². The van der Waals surface area contributed by atoms with Gasteiger partial charge in [-0.1, -0.05) is 6.07 Å². The molecule has 3 nitrogen and oxygen atoms in total. The van der Waals surface area contributed by atoms with E-state index in [9.17, 15) is 0 Å². The second-order valence-corrected chi connectivity index (χ2v) is 4.77. The molecule has 2 rings (SSSR count). The Labute approximate surface area is 118 Å². The number of hydrogen-bond acceptors (Lipinski definition) is 4. The third-order valence-corrected chi connectivity index (χ3v) is 3.59. The first-order valence-electron chi connectivity index (χ1n) is 6.63. The number of anilines is 1. The van der Waals surface area contributed by atoms with Gasteiger partial charge in [-0.3, -0.25) is 0 Å². The Kier molecular flexibility index (Phi) is 4.80. The summed E-state index contributed by atoms with van der Waals surface area (Å²) in [5, 5.41) is 2.00. The lowest BCUT2D eigenvalue weighted by molar-refractivity contribution is 0.340. The SMILES string of the molecule is CCOc1cc(-c2cs[c]n2)ccc1N(CC)CC. The number of hydrogen-bond donors (Lipinski definition) is 0. The second-order valence-electron chi connectivity index (χ2n) is 4.11. The van der Waals surface area contributed by atoms with Crippen LogP contribution in [0.3, 0.4) is 0 Å². The second kappa shape index (κ2) is 6.57. The van der Waals surface area contributed by atoms with Crippen LogP contribution >= 0.6 is 11.3 Å². The number of benzene rings is 1. The summed E-state index contributed by atoms with van der Waals surface area (Å²) in [6.45, 7) is 8.93. The van der Waals surface area contributed by atoms with Gasteiger partial charge in [0.15, 0.2) is 5.51 Å². The first kappa shape index (κ1) is 13.9. The van der Waals surface area contributed by atoms with Gasteiger partial charge in [0.2, 0.25) is 0 Å². The molecule has 101 valence electrons. The van der Waals surface area contributed by atoms with Crippen LogP contribution in [0.25, 0.3) is 11.3 Å². The van der Waals surface area contributed by atoms with Gasteiger partial charge in [-0.25, -0.2) is 4.98 Å². The molecule has 0 saturated carbocycles. The van der Waals surface area contributed by atoms with Crippen LogP contribution in [0, 0.1) is 5.51 Å². The zero-order valence-electron chi connectivity index (χ0n) is 11.6. The molecule has 0 amide bonds. The van der Waals surface area contributed by atoms with Gasteiger partial charge in [-0.05, 0) is 32.9 Å². The van der Waals surface area contributed by atoms with Crippen molar-refractivity contribution in [3.8, 4) is 17.0 Å². The highest BCUT2D eigenvalue weighted by Crippen LogP contribution is 2.33. The van der Waals surface area contributed by atoms with Crippen molar-refractivity contribution in [3.05, 3.63) is 29.1 Å². The Balaban J connectivity index is 2.40. The smallest absolute Gasteiger partial charge is 0.152 e. The molecular weight excluding hydrogens is 256 g/mol. The highest BCUT2D eigenvalue weighted by atomic mass is 32.1. The van der Waals surface area contributed by atoms with Crippen LogP contribution in [0.2, 0.25) is 0 Å². The predicted octanol–water partition coefficient (Wildman–Crippen LogP) is 3.86. The Hall–Kier alpha value is -1.55. The van der Waals surface area contributed by atoms with Gasteiger partial charge in [0.05, 0.1) is 18.0 Å². The number of nitrogens with zero attached hydrogens (tertiary/aromatic N) is 2. The molecular formula is C15H19N2OS. The molecule has 0 N–H and O–H groups in total. The molecule has 0 aliphatic heterocycles. The monoisotopic (exact) mass is 275 g/mol. The van der Waals surface area contributed by atoms with E-state index in [-0.39, 0.29) is 0 Å². The maximum atomic E-state index is 5.78. The van der Waals surface area contributed by atoms with Crippen LogP contribution in [0.4, 0.5) is 5.69 Å². The highest BCUT2D eigenvalue weighted by molar-refractivity contribution is 7.07. The van der Waals surface area contributed by atoms with Crippen molar-refractivity contribution in [2.45, 2.75) is 20.8 Å². The lowest BCUT2D eigenvalue weighted by Crippen LogP contribution is -2.22. The zero-order chi connectivity index (χ0) is 13.7. The van der Waals surface area contributed by atoms with E-state index in [0.29, 0.717) is 6.61 Å². The molecule has 2 aromatic rings. The lowest BCUT2D eigenvalue weighted by Gasteiger charge is -2.24. The van der Waals surface area contributed by atoms with E-state index < -0.39 is 0 Å². The maximum Gasteiger partial charge on any atom is 0.152 e. The van der Waals surface area contributed by atoms with Gasteiger partial charge < -0.3 is 9.64 Å². The third kappa shape index (κ3) is 3.07. The molecule has 0 spiro atoms. The summed E-state index contributed by atoms with van der Waals surface area (Å²) in [7, 11) is 0. The van der Waals surface area contributed by atoms with Crippen LogP contribution in [-0.4, -0.2) is 24.7 Å². The summed E-state index contributed by atoms with van der Waals surface area (Å²) in [4.78, 5) is 6.52. The largest absolute Gasteiger partial charge is 0.492 e. The van der Waals surface area contributed by atoms with Crippen molar-refractivity contribution in [1.29, 1.82) is 0 Å². The van der Waals surface area contributed by atoms with Crippen LogP contribution in [0.5, 0.6) is 5.75 Å². The summed E-state index contributed by atoms with van der Waals surface area (Å²) < 4.78 is 5.78. The summed E-state index contributed by atoms with van der Waals surface area (Å²) >= 11 is 1.49. The van der Waals surface area contributed by atoms with Crippen molar-refractivity contribution in [2.24, 2.45) is 0 Å². The standard InChI is InChI=1S/C15H19N2OS/c1-4-17(5-2)14-8-7-12(9-15(14)18-6-3)13-10-19-11-16-13/h7-10H,4-6H2,1-3H3. The van der Waals surface area contributed by atoms with Crippen LogP contribution < -0.4 is 9.64 Å². The van der Waals surface area contributed by atoms with Crippen LogP contribution in [0.1, 0.15) is 20.8 Å². The molecule has 1 aromatic heterocycles. The van der Waals surface area contributed by atoms with Gasteiger partial charge in [-0.15, -0.1) is 11.3 Å². The average Bonchev–Trinajstić information content (AvgIpc) is 2.96. The number of thiazole rings is 1. The third-order valence-electron chi connectivity index (χ3n) is 3.05. The molecule has 0 aliphatic carbocycles. The van der Waals surface area contributed by atoms with Crippen molar-refractivity contribution in [2.75, 3.05) is 24.6 Å². The van der Waals surface area contributed by atoms with Crippen LogP contribution in [-0.2, 0) is 0 Å².